The van der Waals surface area contributed by atoms with E-state index in [9.17, 15) is 8.42 Å². The first-order valence-corrected chi connectivity index (χ1v) is 7.26. The van der Waals surface area contributed by atoms with Gasteiger partial charge in [0.25, 0.3) is 0 Å². The summed E-state index contributed by atoms with van der Waals surface area (Å²) in [5.41, 5.74) is 0.995. The van der Waals surface area contributed by atoms with Gasteiger partial charge in [0.05, 0.1) is 11.9 Å². The van der Waals surface area contributed by atoms with Crippen LogP contribution in [0, 0.1) is 0 Å². The topological polar surface area (TPSA) is 66.4 Å². The summed E-state index contributed by atoms with van der Waals surface area (Å²) in [6.07, 6.45) is -0.670. The molecule has 1 aromatic rings. The molecule has 0 amide bonds. The SMILES string of the molecule is CC(CS(=O)(=O)NC[C@@H](C)O)c1ccccc1. The molecule has 0 fully saturated rings. The third-order valence-electron chi connectivity index (χ3n) is 2.44. The monoisotopic (exact) mass is 257 g/mol. The van der Waals surface area contributed by atoms with Crippen molar-refractivity contribution >= 4 is 10.0 Å². The number of aliphatic hydroxyl groups excluding tert-OH is 1. The molecule has 0 aliphatic heterocycles. The summed E-state index contributed by atoms with van der Waals surface area (Å²) in [6.45, 7) is 3.48. The van der Waals surface area contributed by atoms with Crippen molar-refractivity contribution in [3.05, 3.63) is 35.9 Å². The third-order valence-corrected chi connectivity index (χ3v) is 3.98. The van der Waals surface area contributed by atoms with Gasteiger partial charge in [0.2, 0.25) is 10.0 Å². The van der Waals surface area contributed by atoms with Crippen molar-refractivity contribution in [2.24, 2.45) is 0 Å². The Morgan fingerprint density at radius 2 is 1.82 bits per heavy atom. The van der Waals surface area contributed by atoms with Crippen molar-refractivity contribution in [2.45, 2.75) is 25.9 Å². The smallest absolute Gasteiger partial charge is 0.212 e. The van der Waals surface area contributed by atoms with E-state index in [2.05, 4.69) is 4.72 Å². The van der Waals surface area contributed by atoms with Crippen molar-refractivity contribution in [3.8, 4) is 0 Å². The van der Waals surface area contributed by atoms with E-state index in [1.807, 2.05) is 37.3 Å². The molecule has 4 nitrogen and oxygen atoms in total. The summed E-state index contributed by atoms with van der Waals surface area (Å²) >= 11 is 0. The van der Waals surface area contributed by atoms with E-state index < -0.39 is 16.1 Å². The standard InChI is InChI=1S/C12H19NO3S/c1-10(12-6-4-3-5-7-12)9-17(15,16)13-8-11(2)14/h3-7,10-11,13-14H,8-9H2,1-2H3/t10?,11-/m1/s1. The Morgan fingerprint density at radius 1 is 1.24 bits per heavy atom. The van der Waals surface area contributed by atoms with Gasteiger partial charge >= 0.3 is 0 Å². The molecule has 0 bridgehead atoms. The zero-order chi connectivity index (χ0) is 12.9. The second kappa shape index (κ2) is 6.14. The van der Waals surface area contributed by atoms with Crippen molar-refractivity contribution < 1.29 is 13.5 Å². The van der Waals surface area contributed by atoms with E-state index in [1.54, 1.807) is 6.92 Å². The quantitative estimate of drug-likeness (QED) is 0.801. The highest BCUT2D eigenvalue weighted by atomic mass is 32.2. The maximum Gasteiger partial charge on any atom is 0.212 e. The van der Waals surface area contributed by atoms with Gasteiger partial charge in [-0.2, -0.15) is 0 Å². The lowest BCUT2D eigenvalue weighted by Crippen LogP contribution is -2.33. The molecule has 0 spiro atoms. The van der Waals surface area contributed by atoms with Crippen LogP contribution in [-0.4, -0.2) is 31.9 Å². The van der Waals surface area contributed by atoms with Crippen LogP contribution in [0.2, 0.25) is 0 Å². The minimum absolute atomic E-state index is 0.0315. The summed E-state index contributed by atoms with van der Waals surface area (Å²) in [4.78, 5) is 0. The van der Waals surface area contributed by atoms with Crippen molar-refractivity contribution in [1.29, 1.82) is 0 Å². The zero-order valence-corrected chi connectivity index (χ0v) is 10.9. The minimum Gasteiger partial charge on any atom is -0.392 e. The number of sulfonamides is 1. The lowest BCUT2D eigenvalue weighted by Gasteiger charge is -2.13. The molecule has 2 atom stereocenters. The normalized spacial score (nSPS) is 15.5. The van der Waals surface area contributed by atoms with E-state index in [1.165, 1.54) is 0 Å². The Balaban J connectivity index is 2.59. The van der Waals surface area contributed by atoms with Gasteiger partial charge in [-0.3, -0.25) is 0 Å². The van der Waals surface area contributed by atoms with Gasteiger partial charge in [0, 0.05) is 6.54 Å². The highest BCUT2D eigenvalue weighted by Crippen LogP contribution is 2.16. The number of nitrogens with one attached hydrogen (secondary N) is 1. The van der Waals surface area contributed by atoms with Crippen LogP contribution >= 0.6 is 0 Å². The Bertz CT molecular complexity index is 428. The minimum atomic E-state index is -3.33. The molecule has 1 unspecified atom stereocenters. The van der Waals surface area contributed by atoms with Crippen LogP contribution in [0.15, 0.2) is 30.3 Å². The van der Waals surface area contributed by atoms with E-state index >= 15 is 0 Å². The summed E-state index contributed by atoms with van der Waals surface area (Å²) in [6, 6.07) is 9.50. The molecule has 1 rings (SSSR count). The second-order valence-electron chi connectivity index (χ2n) is 4.29. The van der Waals surface area contributed by atoms with Crippen molar-refractivity contribution in [1.82, 2.24) is 4.72 Å². The van der Waals surface area contributed by atoms with Gasteiger partial charge in [0.1, 0.15) is 0 Å². The molecule has 0 radical (unpaired) electrons. The molecule has 96 valence electrons. The molecule has 1 aromatic carbocycles. The van der Waals surface area contributed by atoms with Crippen LogP contribution in [0.3, 0.4) is 0 Å². The Morgan fingerprint density at radius 3 is 2.35 bits per heavy atom. The molecule has 0 aliphatic carbocycles. The lowest BCUT2D eigenvalue weighted by molar-refractivity contribution is 0.198. The Kier molecular flexibility index (Phi) is 5.11. The summed E-state index contributed by atoms with van der Waals surface area (Å²) in [7, 11) is -3.33. The maximum absolute atomic E-state index is 11.7. The first-order valence-electron chi connectivity index (χ1n) is 5.61. The molecule has 0 saturated heterocycles. The molecule has 0 heterocycles. The van der Waals surface area contributed by atoms with Gasteiger partial charge in [-0.15, -0.1) is 0 Å². The Hall–Kier alpha value is -0.910. The first-order chi connectivity index (χ1) is 7.91. The highest BCUT2D eigenvalue weighted by molar-refractivity contribution is 7.89. The third kappa shape index (κ3) is 5.30. The Labute approximate surface area is 103 Å². The van der Waals surface area contributed by atoms with E-state index in [4.69, 9.17) is 5.11 Å². The van der Waals surface area contributed by atoms with E-state index in [-0.39, 0.29) is 18.2 Å². The van der Waals surface area contributed by atoms with Gasteiger partial charge < -0.3 is 5.11 Å². The van der Waals surface area contributed by atoms with Gasteiger partial charge in [-0.1, -0.05) is 37.3 Å². The fourth-order valence-electron chi connectivity index (χ4n) is 1.51. The van der Waals surface area contributed by atoms with Crippen LogP contribution in [0.1, 0.15) is 25.3 Å². The molecule has 0 saturated carbocycles. The number of hydrogen-bond acceptors (Lipinski definition) is 3. The molecule has 2 N–H and O–H groups in total. The number of rotatable bonds is 6. The summed E-state index contributed by atoms with van der Waals surface area (Å²) in [5.74, 6) is -0.0355. The highest BCUT2D eigenvalue weighted by Gasteiger charge is 2.17. The number of aliphatic hydroxyl groups is 1. The largest absolute Gasteiger partial charge is 0.392 e. The predicted molar refractivity (Wildman–Crippen MR) is 68.3 cm³/mol. The zero-order valence-electron chi connectivity index (χ0n) is 10.1. The van der Waals surface area contributed by atoms with Crippen molar-refractivity contribution in [3.63, 3.8) is 0 Å². The van der Waals surface area contributed by atoms with Gasteiger partial charge in [0.15, 0.2) is 0 Å². The average Bonchev–Trinajstić information content (AvgIpc) is 2.27. The van der Waals surface area contributed by atoms with Crippen molar-refractivity contribution in [2.75, 3.05) is 12.3 Å². The van der Waals surface area contributed by atoms with Crippen LogP contribution in [0.5, 0.6) is 0 Å². The molecule has 0 aliphatic rings. The van der Waals surface area contributed by atoms with Gasteiger partial charge in [-0.25, -0.2) is 13.1 Å². The fraction of sp³-hybridized carbons (Fsp3) is 0.500. The predicted octanol–water partition coefficient (Wildman–Crippen LogP) is 1.09. The molecule has 0 aromatic heterocycles. The van der Waals surface area contributed by atoms with Crippen LogP contribution in [0.25, 0.3) is 0 Å². The molecule has 17 heavy (non-hydrogen) atoms. The first kappa shape index (κ1) is 14.2. The summed E-state index contributed by atoms with van der Waals surface area (Å²) < 4.78 is 25.8. The fourth-order valence-corrected chi connectivity index (χ4v) is 2.98. The second-order valence-corrected chi connectivity index (χ2v) is 6.14. The summed E-state index contributed by atoms with van der Waals surface area (Å²) in [5, 5.41) is 9.04. The maximum atomic E-state index is 11.7. The molecular formula is C12H19NO3S. The van der Waals surface area contributed by atoms with Crippen LogP contribution < -0.4 is 4.72 Å². The van der Waals surface area contributed by atoms with Gasteiger partial charge in [-0.05, 0) is 18.4 Å². The average molecular weight is 257 g/mol. The van der Waals surface area contributed by atoms with Crippen LogP contribution in [0.4, 0.5) is 0 Å². The van der Waals surface area contributed by atoms with E-state index in [0.29, 0.717) is 0 Å². The number of benzene rings is 1. The van der Waals surface area contributed by atoms with Crippen LogP contribution in [-0.2, 0) is 10.0 Å². The number of hydrogen-bond donors (Lipinski definition) is 2. The lowest BCUT2D eigenvalue weighted by atomic mass is 10.0. The molecule has 5 heteroatoms. The molecular weight excluding hydrogens is 238 g/mol. The van der Waals surface area contributed by atoms with E-state index in [0.717, 1.165) is 5.56 Å².